The van der Waals surface area contributed by atoms with Crippen molar-refractivity contribution < 1.29 is 19.6 Å². The molecule has 0 atom stereocenters. The monoisotopic (exact) mass is 264 g/mol. The molecule has 1 amide bonds. The maximum absolute atomic E-state index is 11.7. The zero-order valence-electron chi connectivity index (χ0n) is 10.3. The van der Waals surface area contributed by atoms with E-state index in [2.05, 4.69) is 5.32 Å². The molecule has 1 aromatic carbocycles. The van der Waals surface area contributed by atoms with Gasteiger partial charge in [0.2, 0.25) is 0 Å². The Balaban J connectivity index is 2.99. The number of aryl methyl sites for hydroxylation is 1. The van der Waals surface area contributed by atoms with E-state index in [0.717, 1.165) is 6.08 Å². The predicted octanol–water partition coefficient (Wildman–Crippen LogP) is 1.87. The predicted molar refractivity (Wildman–Crippen MR) is 67.9 cm³/mol. The Kier molecular flexibility index (Phi) is 4.36. The number of hydrogen-bond acceptors (Lipinski definition) is 4. The average Bonchev–Trinajstić information content (AvgIpc) is 2.30. The van der Waals surface area contributed by atoms with Crippen LogP contribution in [0.25, 0.3) is 0 Å². The molecular weight excluding hydrogens is 252 g/mol. The van der Waals surface area contributed by atoms with Crippen LogP contribution in [0.2, 0.25) is 0 Å². The smallest absolute Gasteiger partial charge is 0.328 e. The van der Waals surface area contributed by atoms with E-state index in [1.54, 1.807) is 6.92 Å². The van der Waals surface area contributed by atoms with Crippen molar-refractivity contribution in [3.63, 3.8) is 0 Å². The molecule has 0 saturated heterocycles. The minimum absolute atomic E-state index is 0.00148. The summed E-state index contributed by atoms with van der Waals surface area (Å²) in [5, 5.41) is 21.6. The van der Waals surface area contributed by atoms with Crippen molar-refractivity contribution >= 4 is 23.3 Å². The van der Waals surface area contributed by atoms with Crippen LogP contribution < -0.4 is 5.32 Å². The van der Waals surface area contributed by atoms with Gasteiger partial charge in [0.1, 0.15) is 0 Å². The van der Waals surface area contributed by atoms with Crippen LogP contribution in [0.3, 0.4) is 0 Å². The van der Waals surface area contributed by atoms with Crippen LogP contribution in [0.5, 0.6) is 0 Å². The number of benzene rings is 1. The minimum atomic E-state index is -1.23. The van der Waals surface area contributed by atoms with Gasteiger partial charge in [-0.25, -0.2) is 4.79 Å². The molecule has 1 aromatic rings. The first kappa shape index (κ1) is 14.4. The standard InChI is InChI=1S/C12H12N2O5/c1-7-3-4-9(14(18)19)6-10(7)13-12(17)8(2)5-11(15)16/h3-6H,1-2H3,(H,13,17)(H,15,16)/b8-5-. The molecule has 7 nitrogen and oxygen atoms in total. The van der Waals surface area contributed by atoms with Gasteiger partial charge in [0, 0.05) is 23.8 Å². The van der Waals surface area contributed by atoms with Gasteiger partial charge in [0.25, 0.3) is 11.6 Å². The number of aliphatic carboxylic acids is 1. The molecule has 0 aromatic heterocycles. The van der Waals surface area contributed by atoms with Crippen molar-refractivity contribution in [3.8, 4) is 0 Å². The van der Waals surface area contributed by atoms with Crippen molar-refractivity contribution in [3.05, 3.63) is 45.5 Å². The number of hydrogen-bond donors (Lipinski definition) is 2. The number of nitro groups is 1. The summed E-state index contributed by atoms with van der Waals surface area (Å²) in [6, 6.07) is 4.05. The van der Waals surface area contributed by atoms with Gasteiger partial charge in [-0.1, -0.05) is 6.07 Å². The van der Waals surface area contributed by atoms with Crippen LogP contribution >= 0.6 is 0 Å². The van der Waals surface area contributed by atoms with Crippen molar-refractivity contribution in [1.82, 2.24) is 0 Å². The lowest BCUT2D eigenvalue weighted by atomic mass is 10.1. The Morgan fingerprint density at radius 2 is 2.05 bits per heavy atom. The molecule has 2 N–H and O–H groups in total. The van der Waals surface area contributed by atoms with Crippen molar-refractivity contribution in [1.29, 1.82) is 0 Å². The van der Waals surface area contributed by atoms with Crippen LogP contribution in [0.15, 0.2) is 29.8 Å². The molecule has 1 rings (SSSR count). The number of carbonyl (C=O) groups is 2. The molecular formula is C12H12N2O5. The zero-order chi connectivity index (χ0) is 14.6. The third-order valence-electron chi connectivity index (χ3n) is 2.38. The highest BCUT2D eigenvalue weighted by molar-refractivity contribution is 6.06. The number of amides is 1. The second-order valence-electron chi connectivity index (χ2n) is 3.88. The lowest BCUT2D eigenvalue weighted by Crippen LogP contribution is -2.14. The van der Waals surface area contributed by atoms with Gasteiger partial charge in [0.05, 0.1) is 10.6 Å². The number of nitro benzene ring substituents is 1. The number of carbonyl (C=O) groups excluding carboxylic acids is 1. The van der Waals surface area contributed by atoms with Gasteiger partial charge in [-0.2, -0.15) is 0 Å². The quantitative estimate of drug-likeness (QED) is 0.490. The van der Waals surface area contributed by atoms with Crippen LogP contribution in [0.1, 0.15) is 12.5 Å². The van der Waals surface area contributed by atoms with Crippen LogP contribution in [0, 0.1) is 17.0 Å². The van der Waals surface area contributed by atoms with E-state index in [1.807, 2.05) is 0 Å². The Morgan fingerprint density at radius 3 is 2.58 bits per heavy atom. The lowest BCUT2D eigenvalue weighted by molar-refractivity contribution is -0.384. The number of non-ortho nitro benzene ring substituents is 1. The Hall–Kier alpha value is -2.70. The molecule has 0 spiro atoms. The van der Waals surface area contributed by atoms with Gasteiger partial charge < -0.3 is 10.4 Å². The molecule has 0 aliphatic rings. The third-order valence-corrected chi connectivity index (χ3v) is 2.38. The highest BCUT2D eigenvalue weighted by atomic mass is 16.6. The second kappa shape index (κ2) is 5.76. The number of rotatable bonds is 4. The van der Waals surface area contributed by atoms with Gasteiger partial charge in [0.15, 0.2) is 0 Å². The summed E-state index contributed by atoms with van der Waals surface area (Å²) >= 11 is 0. The molecule has 0 bridgehead atoms. The Bertz CT molecular complexity index is 577. The highest BCUT2D eigenvalue weighted by Gasteiger charge is 2.12. The molecule has 7 heteroatoms. The summed E-state index contributed by atoms with van der Waals surface area (Å²) in [6.45, 7) is 3.02. The van der Waals surface area contributed by atoms with E-state index in [1.165, 1.54) is 25.1 Å². The second-order valence-corrected chi connectivity index (χ2v) is 3.88. The zero-order valence-corrected chi connectivity index (χ0v) is 10.3. The van der Waals surface area contributed by atoms with E-state index in [9.17, 15) is 19.7 Å². The van der Waals surface area contributed by atoms with Crippen LogP contribution in [-0.4, -0.2) is 21.9 Å². The number of nitrogens with one attached hydrogen (secondary N) is 1. The van der Waals surface area contributed by atoms with Gasteiger partial charge >= 0.3 is 5.97 Å². The first-order chi connectivity index (χ1) is 8.81. The summed E-state index contributed by atoms with van der Waals surface area (Å²) in [5.74, 6) is -1.85. The Morgan fingerprint density at radius 1 is 1.42 bits per heavy atom. The van der Waals surface area contributed by atoms with E-state index in [-0.39, 0.29) is 16.9 Å². The first-order valence-corrected chi connectivity index (χ1v) is 5.29. The molecule has 0 aliphatic carbocycles. The fourth-order valence-corrected chi connectivity index (χ4v) is 1.33. The largest absolute Gasteiger partial charge is 0.478 e. The lowest BCUT2D eigenvalue weighted by Gasteiger charge is -2.08. The van der Waals surface area contributed by atoms with E-state index in [0.29, 0.717) is 5.56 Å². The van der Waals surface area contributed by atoms with Crippen LogP contribution in [-0.2, 0) is 9.59 Å². The maximum atomic E-state index is 11.7. The van der Waals surface area contributed by atoms with E-state index >= 15 is 0 Å². The summed E-state index contributed by atoms with van der Waals surface area (Å²) in [7, 11) is 0. The van der Waals surface area contributed by atoms with Crippen molar-refractivity contribution in [2.45, 2.75) is 13.8 Å². The highest BCUT2D eigenvalue weighted by Crippen LogP contribution is 2.22. The molecule has 0 radical (unpaired) electrons. The third kappa shape index (κ3) is 3.91. The van der Waals surface area contributed by atoms with E-state index in [4.69, 9.17) is 5.11 Å². The van der Waals surface area contributed by atoms with Crippen molar-refractivity contribution in [2.75, 3.05) is 5.32 Å². The van der Waals surface area contributed by atoms with Crippen molar-refractivity contribution in [2.24, 2.45) is 0 Å². The number of carboxylic acid groups (broad SMARTS) is 1. The fourth-order valence-electron chi connectivity index (χ4n) is 1.33. The SMILES string of the molecule is C/C(=C/C(=O)O)C(=O)Nc1cc([N+](=O)[O-])ccc1C. The van der Waals surface area contributed by atoms with E-state index < -0.39 is 16.8 Å². The molecule has 100 valence electrons. The molecule has 0 heterocycles. The normalized spacial score (nSPS) is 10.9. The van der Waals surface area contributed by atoms with Gasteiger partial charge in [-0.15, -0.1) is 0 Å². The molecule has 0 aliphatic heterocycles. The summed E-state index contributed by atoms with van der Waals surface area (Å²) < 4.78 is 0. The molecule has 0 saturated carbocycles. The maximum Gasteiger partial charge on any atom is 0.328 e. The molecule has 19 heavy (non-hydrogen) atoms. The number of nitrogens with zero attached hydrogens (tertiary/aromatic N) is 1. The Labute approximate surface area is 108 Å². The molecule has 0 unspecified atom stereocenters. The molecule has 0 fully saturated rings. The van der Waals surface area contributed by atoms with Crippen LogP contribution in [0.4, 0.5) is 11.4 Å². The summed E-state index contributed by atoms with van der Waals surface area (Å²) in [5.41, 5.74) is 0.763. The van der Waals surface area contributed by atoms with Gasteiger partial charge in [-0.3, -0.25) is 14.9 Å². The average molecular weight is 264 g/mol. The minimum Gasteiger partial charge on any atom is -0.478 e. The summed E-state index contributed by atoms with van der Waals surface area (Å²) in [4.78, 5) is 32.2. The fraction of sp³-hybridized carbons (Fsp3) is 0.167. The first-order valence-electron chi connectivity index (χ1n) is 5.29. The number of anilines is 1. The topological polar surface area (TPSA) is 110 Å². The van der Waals surface area contributed by atoms with Gasteiger partial charge in [-0.05, 0) is 19.4 Å². The number of carboxylic acids is 1. The summed E-state index contributed by atoms with van der Waals surface area (Å²) in [6.07, 6.45) is 0.766.